The molecule has 7 nitrogen and oxygen atoms in total. The molecule has 0 radical (unpaired) electrons. The van der Waals surface area contributed by atoms with Crippen LogP contribution in [0.3, 0.4) is 0 Å². The van der Waals surface area contributed by atoms with Gasteiger partial charge in [-0.1, -0.05) is 30.7 Å². The average molecular weight is 468 g/mol. The predicted octanol–water partition coefficient (Wildman–Crippen LogP) is 4.19. The number of benzene rings is 2. The molecule has 1 amide bonds. The normalized spacial score (nSPS) is 12.1. The van der Waals surface area contributed by atoms with Gasteiger partial charge in [-0.15, -0.1) is 5.10 Å². The van der Waals surface area contributed by atoms with Gasteiger partial charge in [-0.05, 0) is 65.9 Å². The Kier molecular flexibility index (Phi) is 6.57. The van der Waals surface area contributed by atoms with Gasteiger partial charge in [0.25, 0.3) is 5.91 Å². The molecule has 1 unspecified atom stereocenters. The standard InChI is InChI=1S/C24H23ClFN5O2/c1-2-14-11-20(26)18(16-8-10-31-22(12-16)29-24(27)30-31)13-19(14)23(33)28-9-7-21(32)15-3-5-17(25)6-4-15/h3-6,8,10-13,21,32H,2,7,9H2,1H3,(H2,27,30)(H,28,33). The van der Waals surface area contributed by atoms with Crippen LogP contribution >= 0.6 is 11.6 Å². The van der Waals surface area contributed by atoms with Gasteiger partial charge in [0, 0.05) is 28.9 Å². The number of carbonyl (C=O) groups is 1. The highest BCUT2D eigenvalue weighted by Crippen LogP contribution is 2.28. The number of nitrogens with zero attached hydrogens (tertiary/aromatic N) is 3. The highest BCUT2D eigenvalue weighted by atomic mass is 35.5. The number of nitrogen functional groups attached to an aromatic ring is 1. The van der Waals surface area contributed by atoms with Gasteiger partial charge >= 0.3 is 0 Å². The number of carbonyl (C=O) groups excluding carboxylic acids is 1. The monoisotopic (exact) mass is 467 g/mol. The van der Waals surface area contributed by atoms with Crippen molar-refractivity contribution < 1.29 is 14.3 Å². The molecule has 0 aliphatic rings. The lowest BCUT2D eigenvalue weighted by molar-refractivity contribution is 0.0941. The number of pyridine rings is 1. The van der Waals surface area contributed by atoms with Crippen molar-refractivity contribution in [3.8, 4) is 11.1 Å². The summed E-state index contributed by atoms with van der Waals surface area (Å²) in [5.74, 6) is -0.641. The summed E-state index contributed by atoms with van der Waals surface area (Å²) in [5, 5.41) is 17.8. The summed E-state index contributed by atoms with van der Waals surface area (Å²) in [4.78, 5) is 17.0. The smallest absolute Gasteiger partial charge is 0.251 e. The number of hydrogen-bond donors (Lipinski definition) is 3. The number of amides is 1. The van der Waals surface area contributed by atoms with E-state index in [4.69, 9.17) is 17.3 Å². The minimum atomic E-state index is -0.737. The lowest BCUT2D eigenvalue weighted by atomic mass is 9.97. The van der Waals surface area contributed by atoms with Crippen molar-refractivity contribution in [3.63, 3.8) is 0 Å². The highest BCUT2D eigenvalue weighted by Gasteiger charge is 2.17. The molecule has 1 atom stereocenters. The molecular formula is C24H23ClFN5O2. The number of fused-ring (bicyclic) bond motifs is 1. The lowest BCUT2D eigenvalue weighted by Crippen LogP contribution is -2.26. The molecule has 33 heavy (non-hydrogen) atoms. The van der Waals surface area contributed by atoms with E-state index in [1.54, 1.807) is 48.7 Å². The quantitative estimate of drug-likeness (QED) is 0.378. The van der Waals surface area contributed by atoms with Gasteiger partial charge in [-0.2, -0.15) is 4.98 Å². The molecule has 4 N–H and O–H groups in total. The molecule has 0 aliphatic carbocycles. The van der Waals surface area contributed by atoms with Gasteiger partial charge in [0.2, 0.25) is 5.95 Å². The fourth-order valence-corrected chi connectivity index (χ4v) is 3.80. The van der Waals surface area contributed by atoms with Crippen LogP contribution in [0.4, 0.5) is 10.3 Å². The van der Waals surface area contributed by atoms with Crippen molar-refractivity contribution >= 4 is 29.1 Å². The van der Waals surface area contributed by atoms with E-state index in [1.807, 2.05) is 6.92 Å². The van der Waals surface area contributed by atoms with Crippen LogP contribution in [0.15, 0.2) is 54.7 Å². The zero-order valence-electron chi connectivity index (χ0n) is 17.9. The molecule has 0 aliphatic heterocycles. The van der Waals surface area contributed by atoms with Gasteiger partial charge in [0.05, 0.1) is 6.10 Å². The average Bonchev–Trinajstić information content (AvgIpc) is 3.18. The van der Waals surface area contributed by atoms with Crippen molar-refractivity contribution in [2.45, 2.75) is 25.9 Å². The van der Waals surface area contributed by atoms with Crippen LogP contribution < -0.4 is 11.1 Å². The van der Waals surface area contributed by atoms with Crippen LogP contribution in [-0.4, -0.2) is 32.2 Å². The molecule has 4 rings (SSSR count). The second-order valence-electron chi connectivity index (χ2n) is 7.64. The molecule has 4 aromatic rings. The van der Waals surface area contributed by atoms with E-state index in [1.165, 1.54) is 10.6 Å². The second kappa shape index (κ2) is 9.56. The molecule has 2 aromatic carbocycles. The van der Waals surface area contributed by atoms with Crippen LogP contribution in [0.25, 0.3) is 16.8 Å². The summed E-state index contributed by atoms with van der Waals surface area (Å²) < 4.78 is 16.4. The Labute approximate surface area is 195 Å². The highest BCUT2D eigenvalue weighted by molar-refractivity contribution is 6.30. The number of nitrogens with one attached hydrogen (secondary N) is 1. The Morgan fingerprint density at radius 1 is 1.24 bits per heavy atom. The number of aryl methyl sites for hydroxylation is 1. The minimum absolute atomic E-state index is 0.120. The Hall–Kier alpha value is -3.49. The number of halogens is 2. The van der Waals surface area contributed by atoms with Crippen LogP contribution in [0.2, 0.25) is 5.02 Å². The van der Waals surface area contributed by atoms with E-state index in [0.29, 0.717) is 40.2 Å². The van der Waals surface area contributed by atoms with Crippen molar-refractivity contribution in [1.29, 1.82) is 0 Å². The van der Waals surface area contributed by atoms with Crippen molar-refractivity contribution in [2.75, 3.05) is 12.3 Å². The number of hydrogen-bond acceptors (Lipinski definition) is 5. The maximum absolute atomic E-state index is 14.9. The molecule has 170 valence electrons. The third-order valence-corrected chi connectivity index (χ3v) is 5.69. The van der Waals surface area contributed by atoms with E-state index < -0.39 is 11.9 Å². The zero-order chi connectivity index (χ0) is 23.5. The number of aliphatic hydroxyl groups is 1. The number of rotatable bonds is 7. The maximum Gasteiger partial charge on any atom is 0.251 e. The summed E-state index contributed by atoms with van der Waals surface area (Å²) in [6.45, 7) is 2.12. The molecule has 9 heteroatoms. The van der Waals surface area contributed by atoms with E-state index in [2.05, 4.69) is 15.4 Å². The maximum atomic E-state index is 14.9. The van der Waals surface area contributed by atoms with E-state index in [0.717, 1.165) is 5.56 Å². The van der Waals surface area contributed by atoms with Gasteiger partial charge < -0.3 is 16.2 Å². The summed E-state index contributed by atoms with van der Waals surface area (Å²) in [6, 6.07) is 13.2. The molecule has 0 fully saturated rings. The molecule has 2 heterocycles. The van der Waals surface area contributed by atoms with Crippen LogP contribution in [0.1, 0.15) is 40.9 Å². The number of nitrogens with two attached hydrogens (primary N) is 1. The van der Waals surface area contributed by atoms with Crippen molar-refractivity contribution in [2.24, 2.45) is 0 Å². The zero-order valence-corrected chi connectivity index (χ0v) is 18.7. The Morgan fingerprint density at radius 2 is 2.00 bits per heavy atom. The van der Waals surface area contributed by atoms with Crippen molar-refractivity contribution in [1.82, 2.24) is 19.9 Å². The lowest BCUT2D eigenvalue weighted by Gasteiger charge is -2.14. The van der Waals surface area contributed by atoms with E-state index >= 15 is 0 Å². The first-order valence-electron chi connectivity index (χ1n) is 10.5. The molecular weight excluding hydrogens is 445 g/mol. The van der Waals surface area contributed by atoms with Gasteiger partial charge in [0.1, 0.15) is 5.82 Å². The van der Waals surface area contributed by atoms with Crippen LogP contribution in [0.5, 0.6) is 0 Å². The molecule has 0 saturated heterocycles. The van der Waals surface area contributed by atoms with E-state index in [9.17, 15) is 14.3 Å². The van der Waals surface area contributed by atoms with Gasteiger partial charge in [-0.3, -0.25) is 4.79 Å². The first kappa shape index (κ1) is 22.7. The fraction of sp³-hybridized carbons (Fsp3) is 0.208. The summed E-state index contributed by atoms with van der Waals surface area (Å²) in [7, 11) is 0. The molecule has 0 saturated carbocycles. The molecule has 2 aromatic heterocycles. The topological polar surface area (TPSA) is 106 Å². The third-order valence-electron chi connectivity index (χ3n) is 5.44. The van der Waals surface area contributed by atoms with Crippen molar-refractivity contribution in [3.05, 3.63) is 82.3 Å². The SMILES string of the molecule is CCc1cc(F)c(-c2ccn3nc(N)nc3c2)cc1C(=O)NCCC(O)c1ccc(Cl)cc1. The Balaban J connectivity index is 1.53. The van der Waals surface area contributed by atoms with Crippen LogP contribution in [-0.2, 0) is 6.42 Å². The largest absolute Gasteiger partial charge is 0.388 e. The second-order valence-corrected chi connectivity index (χ2v) is 8.08. The fourth-order valence-electron chi connectivity index (χ4n) is 3.68. The predicted molar refractivity (Wildman–Crippen MR) is 126 cm³/mol. The van der Waals surface area contributed by atoms with Crippen LogP contribution in [0, 0.1) is 5.82 Å². The summed E-state index contributed by atoms with van der Waals surface area (Å²) in [5.41, 5.74) is 8.65. The van der Waals surface area contributed by atoms with Gasteiger partial charge in [-0.25, -0.2) is 8.91 Å². The minimum Gasteiger partial charge on any atom is -0.388 e. The van der Waals surface area contributed by atoms with Gasteiger partial charge in [0.15, 0.2) is 5.65 Å². The number of aromatic nitrogens is 3. The molecule has 0 bridgehead atoms. The third kappa shape index (κ3) is 4.97. The van der Waals surface area contributed by atoms with E-state index in [-0.39, 0.29) is 24.0 Å². The Morgan fingerprint density at radius 3 is 2.73 bits per heavy atom. The summed E-state index contributed by atoms with van der Waals surface area (Å²) >= 11 is 5.88. The first-order chi connectivity index (χ1) is 15.9. The number of anilines is 1. The Bertz CT molecular complexity index is 1310. The molecule has 0 spiro atoms. The first-order valence-corrected chi connectivity index (χ1v) is 10.9. The number of aliphatic hydroxyl groups excluding tert-OH is 1. The summed E-state index contributed by atoms with van der Waals surface area (Å²) in [6.07, 6.45) is 1.72.